The van der Waals surface area contributed by atoms with E-state index < -0.39 is 17.4 Å². The van der Waals surface area contributed by atoms with Crippen LogP contribution in [0.15, 0.2) is 0 Å². The first-order valence-electron chi connectivity index (χ1n) is 5.43. The second kappa shape index (κ2) is 4.48. The molecule has 3 N–H and O–H groups in total. The fourth-order valence-corrected chi connectivity index (χ4v) is 2.08. The molecule has 1 amide bonds. The Bertz CT molecular complexity index is 410. The standard InChI is InChI=1S/C9H13N5O3/c15-7(6-11-13-14-12-6)10-9(8(16)17)4-2-1-3-5-9/h1-5H2,(H,10,15)(H,16,17)(H,11,12,13,14). The topological polar surface area (TPSA) is 121 Å². The van der Waals surface area contributed by atoms with Crippen LogP contribution < -0.4 is 5.32 Å². The third-order valence-electron chi connectivity index (χ3n) is 3.02. The maximum absolute atomic E-state index is 11.7. The fraction of sp³-hybridized carbons (Fsp3) is 0.667. The van der Waals surface area contributed by atoms with E-state index >= 15 is 0 Å². The van der Waals surface area contributed by atoms with Crippen LogP contribution in [0, 0.1) is 0 Å². The second-order valence-corrected chi connectivity index (χ2v) is 4.14. The van der Waals surface area contributed by atoms with Gasteiger partial charge in [-0.2, -0.15) is 5.21 Å². The van der Waals surface area contributed by atoms with Crippen molar-refractivity contribution in [2.24, 2.45) is 0 Å². The van der Waals surface area contributed by atoms with Crippen molar-refractivity contribution in [3.05, 3.63) is 5.82 Å². The number of H-pyrrole nitrogens is 1. The quantitative estimate of drug-likeness (QED) is 0.666. The molecular formula is C9H13N5O3. The van der Waals surface area contributed by atoms with Gasteiger partial charge in [-0.15, -0.1) is 10.2 Å². The van der Waals surface area contributed by atoms with Crippen molar-refractivity contribution in [2.75, 3.05) is 0 Å². The van der Waals surface area contributed by atoms with Crippen molar-refractivity contribution in [1.29, 1.82) is 0 Å². The van der Waals surface area contributed by atoms with Crippen LogP contribution in [0.1, 0.15) is 42.7 Å². The van der Waals surface area contributed by atoms with Crippen molar-refractivity contribution < 1.29 is 14.7 Å². The van der Waals surface area contributed by atoms with Gasteiger partial charge in [0, 0.05) is 0 Å². The van der Waals surface area contributed by atoms with Gasteiger partial charge in [-0.3, -0.25) is 4.79 Å². The number of aliphatic carboxylic acids is 1. The van der Waals surface area contributed by atoms with Gasteiger partial charge in [0.2, 0.25) is 0 Å². The van der Waals surface area contributed by atoms with E-state index in [0.717, 1.165) is 19.3 Å². The summed E-state index contributed by atoms with van der Waals surface area (Å²) in [5.41, 5.74) is -1.18. The summed E-state index contributed by atoms with van der Waals surface area (Å²) in [6, 6.07) is 0. The zero-order chi connectivity index (χ0) is 12.3. The van der Waals surface area contributed by atoms with Crippen LogP contribution in [0.4, 0.5) is 0 Å². The third-order valence-corrected chi connectivity index (χ3v) is 3.02. The summed E-state index contributed by atoms with van der Waals surface area (Å²) in [5, 5.41) is 24.2. The van der Waals surface area contributed by atoms with Crippen LogP contribution in [0.25, 0.3) is 0 Å². The van der Waals surface area contributed by atoms with Gasteiger partial charge in [-0.25, -0.2) is 4.79 Å². The Morgan fingerprint density at radius 1 is 1.29 bits per heavy atom. The van der Waals surface area contributed by atoms with Gasteiger partial charge in [0.05, 0.1) is 0 Å². The number of hydrogen-bond donors (Lipinski definition) is 3. The van der Waals surface area contributed by atoms with Crippen LogP contribution >= 0.6 is 0 Å². The molecule has 0 saturated heterocycles. The van der Waals surface area contributed by atoms with E-state index in [1.54, 1.807) is 0 Å². The molecule has 17 heavy (non-hydrogen) atoms. The Kier molecular flexibility index (Phi) is 3.03. The van der Waals surface area contributed by atoms with E-state index in [0.29, 0.717) is 12.8 Å². The molecule has 1 aromatic rings. The van der Waals surface area contributed by atoms with E-state index in [9.17, 15) is 14.7 Å². The lowest BCUT2D eigenvalue weighted by Gasteiger charge is -2.33. The number of rotatable bonds is 3. The van der Waals surface area contributed by atoms with Crippen LogP contribution in [-0.4, -0.2) is 43.1 Å². The SMILES string of the molecule is O=C(NC1(C(=O)O)CCCCC1)c1nn[nH]n1. The lowest BCUT2D eigenvalue weighted by molar-refractivity contribution is -0.145. The van der Waals surface area contributed by atoms with Gasteiger partial charge >= 0.3 is 5.97 Å². The highest BCUT2D eigenvalue weighted by Crippen LogP contribution is 2.28. The minimum Gasteiger partial charge on any atom is -0.480 e. The number of carboxylic acids is 1. The largest absolute Gasteiger partial charge is 0.480 e. The van der Waals surface area contributed by atoms with E-state index in [2.05, 4.69) is 25.9 Å². The van der Waals surface area contributed by atoms with Gasteiger partial charge in [0.1, 0.15) is 5.54 Å². The highest BCUT2D eigenvalue weighted by Gasteiger charge is 2.41. The van der Waals surface area contributed by atoms with Gasteiger partial charge in [0.25, 0.3) is 11.7 Å². The summed E-state index contributed by atoms with van der Waals surface area (Å²) >= 11 is 0. The first-order chi connectivity index (χ1) is 8.14. The van der Waals surface area contributed by atoms with Crippen LogP contribution in [0.2, 0.25) is 0 Å². The molecule has 2 rings (SSSR count). The van der Waals surface area contributed by atoms with Crippen LogP contribution in [0.3, 0.4) is 0 Å². The molecule has 92 valence electrons. The van der Waals surface area contributed by atoms with Crippen LogP contribution in [-0.2, 0) is 4.79 Å². The summed E-state index contributed by atoms with van der Waals surface area (Å²) in [6.45, 7) is 0. The molecule has 0 aliphatic heterocycles. The molecule has 0 aromatic carbocycles. The maximum atomic E-state index is 11.7. The first kappa shape index (κ1) is 11.5. The molecular weight excluding hydrogens is 226 g/mol. The molecule has 0 unspecified atom stereocenters. The predicted molar refractivity (Wildman–Crippen MR) is 55.1 cm³/mol. The highest BCUT2D eigenvalue weighted by molar-refractivity contribution is 5.94. The molecule has 0 atom stereocenters. The molecule has 1 aliphatic rings. The number of carbonyl (C=O) groups excluding carboxylic acids is 1. The first-order valence-corrected chi connectivity index (χ1v) is 5.43. The van der Waals surface area contributed by atoms with Gasteiger partial charge in [-0.1, -0.05) is 19.3 Å². The van der Waals surface area contributed by atoms with Crippen molar-refractivity contribution in [1.82, 2.24) is 25.9 Å². The number of carboxylic acid groups (broad SMARTS) is 1. The van der Waals surface area contributed by atoms with E-state index in [1.165, 1.54) is 0 Å². The van der Waals surface area contributed by atoms with Crippen molar-refractivity contribution in [3.63, 3.8) is 0 Å². The third kappa shape index (κ3) is 2.24. The number of carbonyl (C=O) groups is 2. The van der Waals surface area contributed by atoms with Gasteiger partial charge < -0.3 is 10.4 Å². The molecule has 1 saturated carbocycles. The number of hydrogen-bond acceptors (Lipinski definition) is 5. The summed E-state index contributed by atoms with van der Waals surface area (Å²) in [4.78, 5) is 23.0. The summed E-state index contributed by atoms with van der Waals surface area (Å²) in [7, 11) is 0. The zero-order valence-electron chi connectivity index (χ0n) is 9.14. The predicted octanol–water partition coefficient (Wildman–Crippen LogP) is -0.283. The molecule has 0 bridgehead atoms. The summed E-state index contributed by atoms with van der Waals surface area (Å²) in [6.07, 6.45) is 3.45. The fourth-order valence-electron chi connectivity index (χ4n) is 2.08. The van der Waals surface area contributed by atoms with Gasteiger partial charge in [-0.05, 0) is 18.1 Å². The molecule has 8 nitrogen and oxygen atoms in total. The lowest BCUT2D eigenvalue weighted by atomic mass is 9.81. The zero-order valence-corrected chi connectivity index (χ0v) is 9.14. The number of nitrogens with one attached hydrogen (secondary N) is 2. The minimum atomic E-state index is -1.18. The summed E-state index contributed by atoms with van der Waals surface area (Å²) < 4.78 is 0. The Morgan fingerprint density at radius 3 is 2.53 bits per heavy atom. The highest BCUT2D eigenvalue weighted by atomic mass is 16.4. The average Bonchev–Trinajstić information content (AvgIpc) is 2.83. The van der Waals surface area contributed by atoms with Crippen LogP contribution in [0.5, 0.6) is 0 Å². The number of aromatic nitrogens is 4. The molecule has 1 fully saturated rings. The Balaban J connectivity index is 2.13. The van der Waals surface area contributed by atoms with E-state index in [4.69, 9.17) is 0 Å². The molecule has 8 heteroatoms. The molecule has 1 aliphatic carbocycles. The summed E-state index contributed by atoms with van der Waals surface area (Å²) in [5.74, 6) is -1.76. The Hall–Kier alpha value is -1.99. The number of amides is 1. The lowest BCUT2D eigenvalue weighted by Crippen LogP contribution is -2.55. The Morgan fingerprint density at radius 2 is 2.00 bits per heavy atom. The van der Waals surface area contributed by atoms with Gasteiger partial charge in [0.15, 0.2) is 0 Å². The second-order valence-electron chi connectivity index (χ2n) is 4.14. The average molecular weight is 239 g/mol. The smallest absolute Gasteiger partial charge is 0.329 e. The molecule has 0 radical (unpaired) electrons. The minimum absolute atomic E-state index is 0.142. The van der Waals surface area contributed by atoms with Crippen molar-refractivity contribution in [2.45, 2.75) is 37.6 Å². The molecule has 1 aromatic heterocycles. The normalized spacial score (nSPS) is 18.6. The molecule has 1 heterocycles. The molecule has 0 spiro atoms. The van der Waals surface area contributed by atoms with Crippen molar-refractivity contribution in [3.8, 4) is 0 Å². The number of aromatic amines is 1. The monoisotopic (exact) mass is 239 g/mol. The number of nitrogens with zero attached hydrogens (tertiary/aromatic N) is 3. The maximum Gasteiger partial charge on any atom is 0.329 e. The van der Waals surface area contributed by atoms with E-state index in [-0.39, 0.29) is 5.82 Å². The van der Waals surface area contributed by atoms with Crippen molar-refractivity contribution >= 4 is 11.9 Å². The van der Waals surface area contributed by atoms with E-state index in [1.807, 2.05) is 0 Å². The Labute approximate surface area is 96.8 Å². The number of tetrazole rings is 1.